The van der Waals surface area contributed by atoms with Gasteiger partial charge in [0.1, 0.15) is 17.3 Å². The summed E-state index contributed by atoms with van der Waals surface area (Å²) in [5.41, 5.74) is 0.924. The number of likely N-dealkylation sites (N-methyl/N-ethyl adjacent to an activating group) is 1. The topological polar surface area (TPSA) is 100 Å². The van der Waals surface area contributed by atoms with Gasteiger partial charge in [0, 0.05) is 26.2 Å². The van der Waals surface area contributed by atoms with Crippen LogP contribution in [0, 0.1) is 5.82 Å². The number of amides is 2. The number of nitrogens with zero attached hydrogens (tertiary/aromatic N) is 1. The Labute approximate surface area is 190 Å². The van der Waals surface area contributed by atoms with Crippen LogP contribution >= 0.6 is 11.6 Å². The highest BCUT2D eigenvalue weighted by Crippen LogP contribution is 2.31. The maximum absolute atomic E-state index is 13.4. The van der Waals surface area contributed by atoms with Crippen LogP contribution in [0.4, 0.5) is 10.1 Å². The van der Waals surface area contributed by atoms with Crippen LogP contribution in [-0.2, 0) is 9.59 Å². The molecular weight excluding hydrogens is 441 g/mol. The Hall–Kier alpha value is -3.04. The van der Waals surface area contributed by atoms with Crippen LogP contribution in [0.3, 0.4) is 0 Å². The van der Waals surface area contributed by atoms with E-state index in [-0.39, 0.29) is 42.8 Å². The van der Waals surface area contributed by atoms with Crippen molar-refractivity contribution < 1.29 is 28.6 Å². The Morgan fingerprint density at radius 1 is 1.31 bits per heavy atom. The molecule has 2 amide bonds. The molecule has 2 aromatic rings. The number of aliphatic hydroxyl groups is 1. The zero-order chi connectivity index (χ0) is 23.1. The van der Waals surface area contributed by atoms with Gasteiger partial charge >= 0.3 is 0 Å². The van der Waals surface area contributed by atoms with Crippen LogP contribution in [0.5, 0.6) is 11.5 Å². The van der Waals surface area contributed by atoms with Gasteiger partial charge in [-0.3, -0.25) is 9.59 Å². The third kappa shape index (κ3) is 6.48. The van der Waals surface area contributed by atoms with Crippen LogP contribution in [0.2, 0.25) is 5.02 Å². The van der Waals surface area contributed by atoms with E-state index in [2.05, 4.69) is 10.6 Å². The quantitative estimate of drug-likeness (QED) is 0.521. The van der Waals surface area contributed by atoms with E-state index in [1.807, 2.05) is 36.2 Å². The number of carbonyl (C=O) groups is 2. The molecule has 0 spiro atoms. The molecule has 1 heterocycles. The number of rotatable bonds is 9. The average Bonchev–Trinajstić information content (AvgIpc) is 2.78. The van der Waals surface area contributed by atoms with Crippen molar-refractivity contribution >= 4 is 29.1 Å². The van der Waals surface area contributed by atoms with Crippen molar-refractivity contribution in [1.82, 2.24) is 10.6 Å². The molecule has 2 atom stereocenters. The molecule has 2 aromatic carbocycles. The predicted molar refractivity (Wildman–Crippen MR) is 118 cm³/mol. The van der Waals surface area contributed by atoms with Crippen molar-refractivity contribution in [2.45, 2.75) is 18.6 Å². The molecule has 0 saturated heterocycles. The van der Waals surface area contributed by atoms with Crippen molar-refractivity contribution in [1.29, 1.82) is 0 Å². The summed E-state index contributed by atoms with van der Waals surface area (Å²) in [6.45, 7) is 0.294. The summed E-state index contributed by atoms with van der Waals surface area (Å²) < 4.78 is 24.3. The predicted octanol–water partition coefficient (Wildman–Crippen LogP) is 1.74. The summed E-state index contributed by atoms with van der Waals surface area (Å²) in [6.07, 6.45) is -1.27. The van der Waals surface area contributed by atoms with Crippen LogP contribution < -0.4 is 25.0 Å². The summed E-state index contributed by atoms with van der Waals surface area (Å²) in [5, 5.41) is 15.3. The summed E-state index contributed by atoms with van der Waals surface area (Å²) >= 11 is 5.59. The molecule has 0 fully saturated rings. The fourth-order valence-electron chi connectivity index (χ4n) is 3.12. The normalized spacial score (nSPS) is 15.9. The number of hydrogen-bond acceptors (Lipinski definition) is 6. The number of carbonyl (C=O) groups excluding carboxylic acids is 2. The van der Waals surface area contributed by atoms with Crippen LogP contribution in [-0.4, -0.2) is 62.4 Å². The Balaban J connectivity index is 1.32. The summed E-state index contributed by atoms with van der Waals surface area (Å²) in [7, 11) is 1.89. The third-order valence-corrected chi connectivity index (χ3v) is 5.16. The van der Waals surface area contributed by atoms with Gasteiger partial charge in [-0.05, 0) is 30.7 Å². The molecule has 0 saturated carbocycles. The standard InChI is InChI=1S/C22H25ClFN3O5/c1-27-12-20(32-19-5-3-2-4-18(19)27)22(30)25-9-8-14(28)11-26-21(29)13-31-15-6-7-16(23)17(24)10-15/h2-7,10,14,20,28H,8-9,11-13H2,1H3,(H,25,30)(H,26,29)/t14-,20?/m0/s1. The van der Waals surface area contributed by atoms with Crippen LogP contribution in [0.25, 0.3) is 0 Å². The maximum Gasteiger partial charge on any atom is 0.262 e. The molecule has 1 aliphatic heterocycles. The number of ether oxygens (including phenoxy) is 2. The first-order valence-electron chi connectivity index (χ1n) is 10.1. The second-order valence-electron chi connectivity index (χ2n) is 7.36. The van der Waals surface area contributed by atoms with E-state index < -0.39 is 23.9 Å². The second-order valence-corrected chi connectivity index (χ2v) is 7.76. The van der Waals surface area contributed by atoms with E-state index in [9.17, 15) is 19.1 Å². The number of anilines is 1. The largest absolute Gasteiger partial charge is 0.484 e. The smallest absolute Gasteiger partial charge is 0.262 e. The molecule has 0 aliphatic carbocycles. The number of para-hydroxylation sites is 2. The monoisotopic (exact) mass is 465 g/mol. The molecule has 3 N–H and O–H groups in total. The lowest BCUT2D eigenvalue weighted by Gasteiger charge is -2.33. The molecular formula is C22H25ClFN3O5. The highest BCUT2D eigenvalue weighted by atomic mass is 35.5. The van der Waals surface area contributed by atoms with Gasteiger partial charge in [0.2, 0.25) is 0 Å². The molecule has 0 radical (unpaired) electrons. The van der Waals surface area contributed by atoms with Gasteiger partial charge in [0.15, 0.2) is 12.7 Å². The van der Waals surface area contributed by atoms with Gasteiger partial charge in [-0.15, -0.1) is 0 Å². The maximum atomic E-state index is 13.4. The van der Waals surface area contributed by atoms with Crippen molar-refractivity contribution in [2.75, 3.05) is 38.2 Å². The summed E-state index contributed by atoms with van der Waals surface area (Å²) in [6, 6.07) is 11.3. The Morgan fingerprint density at radius 2 is 2.09 bits per heavy atom. The number of fused-ring (bicyclic) bond motifs is 1. The van der Waals surface area contributed by atoms with E-state index in [0.717, 1.165) is 11.8 Å². The van der Waals surface area contributed by atoms with Crippen LogP contribution in [0.1, 0.15) is 6.42 Å². The minimum absolute atomic E-state index is 0.0108. The minimum Gasteiger partial charge on any atom is -0.484 e. The SMILES string of the molecule is CN1CC(C(=O)NCC[C@H](O)CNC(=O)COc2ccc(Cl)c(F)c2)Oc2ccccc21. The van der Waals surface area contributed by atoms with E-state index in [1.54, 1.807) is 0 Å². The number of halogens is 2. The Bertz CT molecular complexity index is 961. The summed E-state index contributed by atoms with van der Waals surface area (Å²) in [5.74, 6) is -0.570. The van der Waals surface area contributed by atoms with E-state index in [0.29, 0.717) is 12.3 Å². The third-order valence-electron chi connectivity index (χ3n) is 4.85. The molecule has 1 aliphatic rings. The van der Waals surface area contributed by atoms with Gasteiger partial charge in [-0.2, -0.15) is 0 Å². The first-order valence-corrected chi connectivity index (χ1v) is 10.5. The zero-order valence-corrected chi connectivity index (χ0v) is 18.3. The molecule has 10 heteroatoms. The van der Waals surface area contributed by atoms with E-state index >= 15 is 0 Å². The first-order chi connectivity index (χ1) is 15.3. The lowest BCUT2D eigenvalue weighted by molar-refractivity contribution is -0.128. The van der Waals surface area contributed by atoms with Gasteiger partial charge < -0.3 is 30.1 Å². The van der Waals surface area contributed by atoms with Gasteiger partial charge in [-0.1, -0.05) is 23.7 Å². The lowest BCUT2D eigenvalue weighted by Crippen LogP contribution is -2.48. The fraction of sp³-hybridized carbons (Fsp3) is 0.364. The minimum atomic E-state index is -0.858. The number of nitrogens with one attached hydrogen (secondary N) is 2. The van der Waals surface area contributed by atoms with Gasteiger partial charge in [0.05, 0.1) is 23.4 Å². The number of hydrogen-bond donors (Lipinski definition) is 3. The highest BCUT2D eigenvalue weighted by Gasteiger charge is 2.28. The molecule has 0 bridgehead atoms. The molecule has 1 unspecified atom stereocenters. The fourth-order valence-corrected chi connectivity index (χ4v) is 3.24. The Morgan fingerprint density at radius 3 is 2.88 bits per heavy atom. The number of aliphatic hydroxyl groups excluding tert-OH is 1. The molecule has 8 nitrogen and oxygen atoms in total. The first kappa shape index (κ1) is 23.6. The summed E-state index contributed by atoms with van der Waals surface area (Å²) in [4.78, 5) is 26.2. The van der Waals surface area contributed by atoms with E-state index in [1.165, 1.54) is 12.1 Å². The van der Waals surface area contributed by atoms with Gasteiger partial charge in [0.25, 0.3) is 11.8 Å². The molecule has 3 rings (SSSR count). The molecule has 172 valence electrons. The van der Waals surface area contributed by atoms with Crippen molar-refractivity contribution in [3.63, 3.8) is 0 Å². The van der Waals surface area contributed by atoms with Gasteiger partial charge in [-0.25, -0.2) is 4.39 Å². The average molecular weight is 466 g/mol. The lowest BCUT2D eigenvalue weighted by atomic mass is 10.2. The van der Waals surface area contributed by atoms with Crippen molar-refractivity contribution in [3.8, 4) is 11.5 Å². The second kappa shape index (κ2) is 11.0. The van der Waals surface area contributed by atoms with E-state index in [4.69, 9.17) is 21.1 Å². The number of benzene rings is 2. The van der Waals surface area contributed by atoms with Crippen molar-refractivity contribution in [2.24, 2.45) is 0 Å². The zero-order valence-electron chi connectivity index (χ0n) is 17.5. The Kier molecular flexibility index (Phi) is 8.13. The molecule has 0 aromatic heterocycles. The molecule has 32 heavy (non-hydrogen) atoms. The van der Waals surface area contributed by atoms with Crippen molar-refractivity contribution in [3.05, 3.63) is 53.3 Å². The highest BCUT2D eigenvalue weighted by molar-refractivity contribution is 6.30. The van der Waals surface area contributed by atoms with Crippen LogP contribution in [0.15, 0.2) is 42.5 Å².